The molecule has 1 aliphatic rings. The lowest BCUT2D eigenvalue weighted by molar-refractivity contribution is -0.144. The second-order valence-corrected chi connectivity index (χ2v) is 5.50. The van der Waals surface area contributed by atoms with E-state index < -0.39 is 24.5 Å². The molecular weight excluding hydrogens is 285 g/mol. The topological polar surface area (TPSA) is 53.4 Å². The molecule has 1 unspecified atom stereocenters. The molecule has 4 nitrogen and oxygen atoms in total. The maximum atomic E-state index is 12.6. The molecule has 1 saturated heterocycles. The van der Waals surface area contributed by atoms with Crippen molar-refractivity contribution in [2.24, 2.45) is 5.92 Å². The summed E-state index contributed by atoms with van der Waals surface area (Å²) in [5, 5.41) is 8.96. The zero-order chi connectivity index (χ0) is 15.8. The van der Waals surface area contributed by atoms with Crippen LogP contribution in [0.25, 0.3) is 0 Å². The van der Waals surface area contributed by atoms with E-state index in [0.29, 0.717) is 12.2 Å². The predicted octanol–water partition coefficient (Wildman–Crippen LogP) is 3.34. The first-order valence-electron chi connectivity index (χ1n) is 6.74. The SMILES string of the molecule is C[C@@H]1C(CC(F)(F)F)C[C@H](C)N1c1cccc(C(=O)O)n1. The van der Waals surface area contributed by atoms with Crippen LogP contribution >= 0.6 is 0 Å². The van der Waals surface area contributed by atoms with Crippen LogP contribution < -0.4 is 4.90 Å². The van der Waals surface area contributed by atoms with Crippen LogP contribution in [0.4, 0.5) is 19.0 Å². The van der Waals surface area contributed by atoms with Crippen molar-refractivity contribution in [1.29, 1.82) is 0 Å². The number of rotatable bonds is 3. The Bertz CT molecular complexity index is 533. The van der Waals surface area contributed by atoms with Gasteiger partial charge in [-0.15, -0.1) is 0 Å². The minimum atomic E-state index is -4.19. The first kappa shape index (κ1) is 15.6. The van der Waals surface area contributed by atoms with Gasteiger partial charge in [-0.2, -0.15) is 13.2 Å². The summed E-state index contributed by atoms with van der Waals surface area (Å²) in [5.41, 5.74) is -0.105. The van der Waals surface area contributed by atoms with Crippen molar-refractivity contribution in [2.45, 2.75) is 44.9 Å². The monoisotopic (exact) mass is 302 g/mol. The van der Waals surface area contributed by atoms with E-state index in [-0.39, 0.29) is 17.8 Å². The maximum absolute atomic E-state index is 12.6. The Morgan fingerprint density at radius 2 is 2.10 bits per heavy atom. The van der Waals surface area contributed by atoms with E-state index in [1.807, 2.05) is 6.92 Å². The van der Waals surface area contributed by atoms with E-state index in [2.05, 4.69) is 4.98 Å². The van der Waals surface area contributed by atoms with Crippen LogP contribution in [0.15, 0.2) is 18.2 Å². The van der Waals surface area contributed by atoms with Crippen LogP contribution in [0.3, 0.4) is 0 Å². The smallest absolute Gasteiger partial charge is 0.389 e. The Morgan fingerprint density at radius 3 is 2.67 bits per heavy atom. The number of alkyl halides is 3. The summed E-state index contributed by atoms with van der Waals surface area (Å²) in [6, 6.07) is 4.12. The zero-order valence-corrected chi connectivity index (χ0v) is 11.8. The van der Waals surface area contributed by atoms with Crippen LogP contribution in [0, 0.1) is 5.92 Å². The van der Waals surface area contributed by atoms with E-state index in [1.54, 1.807) is 24.0 Å². The van der Waals surface area contributed by atoms with Crippen molar-refractivity contribution in [2.75, 3.05) is 4.90 Å². The summed E-state index contributed by atoms with van der Waals surface area (Å²) in [6.45, 7) is 3.57. The maximum Gasteiger partial charge on any atom is 0.389 e. The molecule has 1 aliphatic heterocycles. The molecule has 2 heterocycles. The number of hydrogen-bond acceptors (Lipinski definition) is 3. The van der Waals surface area contributed by atoms with E-state index >= 15 is 0 Å². The molecule has 116 valence electrons. The fourth-order valence-electron chi connectivity index (χ4n) is 3.05. The molecule has 0 aromatic carbocycles. The standard InChI is InChI=1S/C14H17F3N2O2/c1-8-6-10(7-14(15,16)17)9(2)19(8)12-5-3-4-11(18-12)13(20)21/h3-5,8-10H,6-7H2,1-2H3,(H,20,21)/t8-,9+,10?/m0/s1. The number of carboxylic acid groups (broad SMARTS) is 1. The van der Waals surface area contributed by atoms with Crippen LogP contribution in [0.5, 0.6) is 0 Å². The molecule has 0 saturated carbocycles. The number of halogens is 3. The lowest BCUT2D eigenvalue weighted by atomic mass is 9.96. The van der Waals surface area contributed by atoms with Crippen molar-refractivity contribution in [3.63, 3.8) is 0 Å². The van der Waals surface area contributed by atoms with Gasteiger partial charge in [-0.25, -0.2) is 9.78 Å². The Hall–Kier alpha value is -1.79. The van der Waals surface area contributed by atoms with Crippen molar-refractivity contribution in [1.82, 2.24) is 4.98 Å². The summed E-state index contributed by atoms with van der Waals surface area (Å²) in [7, 11) is 0. The molecule has 3 atom stereocenters. The third-order valence-electron chi connectivity index (χ3n) is 3.95. The highest BCUT2D eigenvalue weighted by atomic mass is 19.4. The molecule has 2 rings (SSSR count). The van der Waals surface area contributed by atoms with E-state index in [0.717, 1.165) is 0 Å². The molecule has 1 aromatic heterocycles. The summed E-state index contributed by atoms with van der Waals surface area (Å²) < 4.78 is 37.8. The van der Waals surface area contributed by atoms with Gasteiger partial charge in [0.2, 0.25) is 0 Å². The van der Waals surface area contributed by atoms with Crippen LogP contribution in [-0.4, -0.2) is 34.3 Å². The number of carbonyl (C=O) groups is 1. The molecule has 1 aromatic rings. The molecule has 21 heavy (non-hydrogen) atoms. The van der Waals surface area contributed by atoms with Crippen molar-refractivity contribution >= 4 is 11.8 Å². The van der Waals surface area contributed by atoms with E-state index in [4.69, 9.17) is 5.11 Å². The highest BCUT2D eigenvalue weighted by molar-refractivity contribution is 5.85. The number of anilines is 1. The number of aromatic nitrogens is 1. The third kappa shape index (κ3) is 3.46. The van der Waals surface area contributed by atoms with Crippen LogP contribution in [0.1, 0.15) is 37.2 Å². The molecule has 1 fully saturated rings. The van der Waals surface area contributed by atoms with Gasteiger partial charge < -0.3 is 10.0 Å². The van der Waals surface area contributed by atoms with Gasteiger partial charge in [-0.05, 0) is 38.3 Å². The first-order chi connectivity index (χ1) is 9.69. The minimum absolute atomic E-state index is 0.105. The Morgan fingerprint density at radius 1 is 1.43 bits per heavy atom. The van der Waals surface area contributed by atoms with E-state index in [9.17, 15) is 18.0 Å². The highest BCUT2D eigenvalue weighted by Gasteiger charge is 2.43. The van der Waals surface area contributed by atoms with Crippen molar-refractivity contribution in [3.8, 4) is 0 Å². The fraction of sp³-hybridized carbons (Fsp3) is 0.571. The van der Waals surface area contributed by atoms with Crippen LogP contribution in [-0.2, 0) is 0 Å². The third-order valence-corrected chi connectivity index (χ3v) is 3.95. The van der Waals surface area contributed by atoms with Gasteiger partial charge in [0, 0.05) is 18.5 Å². The molecule has 0 spiro atoms. The normalized spacial score (nSPS) is 26.1. The van der Waals surface area contributed by atoms with E-state index in [1.165, 1.54) is 6.07 Å². The average molecular weight is 302 g/mol. The van der Waals surface area contributed by atoms with Gasteiger partial charge in [0.25, 0.3) is 0 Å². The van der Waals surface area contributed by atoms with Crippen LogP contribution in [0.2, 0.25) is 0 Å². The van der Waals surface area contributed by atoms with Gasteiger partial charge in [-0.1, -0.05) is 6.07 Å². The predicted molar refractivity (Wildman–Crippen MR) is 71.4 cm³/mol. The number of carboxylic acids is 1. The quantitative estimate of drug-likeness (QED) is 0.930. The van der Waals surface area contributed by atoms with Crippen molar-refractivity contribution in [3.05, 3.63) is 23.9 Å². The lowest BCUT2D eigenvalue weighted by Gasteiger charge is -2.29. The van der Waals surface area contributed by atoms with Gasteiger partial charge in [-0.3, -0.25) is 0 Å². The molecule has 0 bridgehead atoms. The number of nitrogens with zero attached hydrogens (tertiary/aromatic N) is 2. The summed E-state index contributed by atoms with van der Waals surface area (Å²) in [6.07, 6.45) is -4.60. The highest BCUT2D eigenvalue weighted by Crippen LogP contribution is 2.39. The fourth-order valence-corrected chi connectivity index (χ4v) is 3.05. The minimum Gasteiger partial charge on any atom is -0.477 e. The number of hydrogen-bond donors (Lipinski definition) is 1. The summed E-state index contributed by atoms with van der Waals surface area (Å²) in [5.74, 6) is -1.24. The first-order valence-corrected chi connectivity index (χ1v) is 6.74. The van der Waals surface area contributed by atoms with Gasteiger partial charge in [0.15, 0.2) is 5.69 Å². The molecule has 7 heteroatoms. The Kier molecular flexibility index (Phi) is 4.11. The second-order valence-electron chi connectivity index (χ2n) is 5.50. The molecule has 1 N–H and O–H groups in total. The van der Waals surface area contributed by atoms with Gasteiger partial charge in [0.05, 0.1) is 0 Å². The number of pyridine rings is 1. The summed E-state index contributed by atoms with van der Waals surface area (Å²) >= 11 is 0. The Labute approximate surface area is 120 Å². The lowest BCUT2D eigenvalue weighted by Crippen LogP contribution is -2.36. The average Bonchev–Trinajstić information content (AvgIpc) is 2.62. The van der Waals surface area contributed by atoms with Gasteiger partial charge >= 0.3 is 12.1 Å². The Balaban J connectivity index is 2.24. The largest absolute Gasteiger partial charge is 0.477 e. The zero-order valence-electron chi connectivity index (χ0n) is 11.8. The van der Waals surface area contributed by atoms with Crippen molar-refractivity contribution < 1.29 is 23.1 Å². The summed E-state index contributed by atoms with van der Waals surface area (Å²) in [4.78, 5) is 16.8. The number of aromatic carboxylic acids is 1. The second kappa shape index (κ2) is 5.54. The molecule has 0 radical (unpaired) electrons. The molecule has 0 amide bonds. The molecule has 0 aliphatic carbocycles. The molecular formula is C14H17F3N2O2. The van der Waals surface area contributed by atoms with Gasteiger partial charge in [0.1, 0.15) is 5.82 Å².